The molecule has 0 aliphatic rings. The first-order chi connectivity index (χ1) is 10.0. The van der Waals surface area contributed by atoms with Gasteiger partial charge >= 0.3 is 5.97 Å². The van der Waals surface area contributed by atoms with Crippen LogP contribution in [0.4, 0.5) is 0 Å². The third-order valence-electron chi connectivity index (χ3n) is 3.14. The second kappa shape index (κ2) is 12.2. The van der Waals surface area contributed by atoms with Crippen LogP contribution < -0.4 is 10.6 Å². The van der Waals surface area contributed by atoms with Crippen LogP contribution in [0.1, 0.15) is 65.2 Å². The predicted molar refractivity (Wildman–Crippen MR) is 80.9 cm³/mol. The lowest BCUT2D eigenvalue weighted by Gasteiger charge is -2.14. The number of amides is 2. The van der Waals surface area contributed by atoms with E-state index in [0.717, 1.165) is 25.7 Å². The molecule has 0 aromatic heterocycles. The molecule has 0 radical (unpaired) electrons. The lowest BCUT2D eigenvalue weighted by molar-refractivity contribution is -0.142. The van der Waals surface area contributed by atoms with Crippen LogP contribution in [0, 0.1) is 0 Å². The number of rotatable bonds is 12. The van der Waals surface area contributed by atoms with Gasteiger partial charge in [-0.15, -0.1) is 0 Å². The SMILES string of the molecule is CCCCC(=O)NCCC[C@H](NC(=O)CCCC)C(=O)O. The Bertz CT molecular complexity index is 332. The number of aliphatic carboxylic acids is 1. The average Bonchev–Trinajstić information content (AvgIpc) is 2.45. The average molecular weight is 300 g/mol. The highest BCUT2D eigenvalue weighted by atomic mass is 16.4. The largest absolute Gasteiger partial charge is 0.480 e. The molecule has 3 N–H and O–H groups in total. The summed E-state index contributed by atoms with van der Waals surface area (Å²) in [6.07, 6.45) is 5.20. The number of carboxylic acids is 1. The van der Waals surface area contributed by atoms with Crippen LogP contribution in [0.25, 0.3) is 0 Å². The molecule has 0 bridgehead atoms. The van der Waals surface area contributed by atoms with E-state index >= 15 is 0 Å². The fraction of sp³-hybridized carbons (Fsp3) is 0.800. The topological polar surface area (TPSA) is 95.5 Å². The molecule has 0 unspecified atom stereocenters. The fourth-order valence-corrected chi connectivity index (χ4v) is 1.82. The number of carboxylic acid groups (broad SMARTS) is 1. The van der Waals surface area contributed by atoms with E-state index in [4.69, 9.17) is 5.11 Å². The van der Waals surface area contributed by atoms with E-state index in [1.165, 1.54) is 0 Å². The van der Waals surface area contributed by atoms with E-state index in [1.807, 2.05) is 13.8 Å². The molecule has 0 aliphatic carbocycles. The van der Waals surface area contributed by atoms with Gasteiger partial charge in [0.15, 0.2) is 0 Å². The minimum absolute atomic E-state index is 0.00398. The number of nitrogens with one attached hydrogen (secondary N) is 2. The molecule has 2 amide bonds. The molecular formula is C15H28N2O4. The van der Waals surface area contributed by atoms with Crippen LogP contribution in [0.3, 0.4) is 0 Å². The van der Waals surface area contributed by atoms with Crippen molar-refractivity contribution in [3.05, 3.63) is 0 Å². The summed E-state index contributed by atoms with van der Waals surface area (Å²) >= 11 is 0. The molecule has 0 aliphatic heterocycles. The summed E-state index contributed by atoms with van der Waals surface area (Å²) in [5, 5.41) is 14.3. The van der Waals surface area contributed by atoms with Crippen LogP contribution in [0.5, 0.6) is 0 Å². The molecule has 0 heterocycles. The molecule has 0 aromatic carbocycles. The maximum Gasteiger partial charge on any atom is 0.326 e. The maximum absolute atomic E-state index is 11.5. The Morgan fingerprint density at radius 1 is 0.952 bits per heavy atom. The van der Waals surface area contributed by atoms with E-state index < -0.39 is 12.0 Å². The second-order valence-corrected chi connectivity index (χ2v) is 5.16. The summed E-state index contributed by atoms with van der Waals surface area (Å²) in [5.74, 6) is -1.26. The van der Waals surface area contributed by atoms with E-state index in [-0.39, 0.29) is 11.8 Å². The highest BCUT2D eigenvalue weighted by Gasteiger charge is 2.19. The standard InChI is InChI=1S/C15H28N2O4/c1-3-5-9-13(18)16-11-7-8-12(15(20)21)17-14(19)10-6-4-2/h12H,3-11H2,1-2H3,(H,16,18)(H,17,19)(H,20,21)/t12-/m0/s1. The van der Waals surface area contributed by atoms with Crippen molar-refractivity contribution in [2.75, 3.05) is 6.54 Å². The van der Waals surface area contributed by atoms with Gasteiger partial charge in [-0.05, 0) is 25.7 Å². The van der Waals surface area contributed by atoms with Gasteiger partial charge in [-0.25, -0.2) is 4.79 Å². The zero-order valence-corrected chi connectivity index (χ0v) is 13.1. The van der Waals surface area contributed by atoms with Crippen LogP contribution in [0.2, 0.25) is 0 Å². The first-order valence-corrected chi connectivity index (χ1v) is 7.80. The molecule has 0 aromatic rings. The Morgan fingerprint density at radius 2 is 1.52 bits per heavy atom. The molecule has 0 fully saturated rings. The molecule has 0 saturated heterocycles. The summed E-state index contributed by atoms with van der Waals surface area (Å²) in [4.78, 5) is 34.0. The van der Waals surface area contributed by atoms with Crippen molar-refractivity contribution in [3.8, 4) is 0 Å². The summed E-state index contributed by atoms with van der Waals surface area (Å²) in [7, 11) is 0. The van der Waals surface area contributed by atoms with Gasteiger partial charge < -0.3 is 15.7 Å². The fourth-order valence-electron chi connectivity index (χ4n) is 1.82. The summed E-state index contributed by atoms with van der Waals surface area (Å²) in [6, 6.07) is -0.873. The summed E-state index contributed by atoms with van der Waals surface area (Å²) < 4.78 is 0. The zero-order chi connectivity index (χ0) is 16.1. The molecule has 21 heavy (non-hydrogen) atoms. The van der Waals surface area contributed by atoms with Gasteiger partial charge in [-0.1, -0.05) is 26.7 Å². The van der Waals surface area contributed by atoms with Crippen molar-refractivity contribution in [3.63, 3.8) is 0 Å². The van der Waals surface area contributed by atoms with Crippen molar-refractivity contribution in [2.24, 2.45) is 0 Å². The lowest BCUT2D eigenvalue weighted by atomic mass is 10.1. The highest BCUT2D eigenvalue weighted by Crippen LogP contribution is 2.01. The number of carbonyl (C=O) groups excluding carboxylic acids is 2. The first kappa shape index (κ1) is 19.4. The Hall–Kier alpha value is -1.59. The van der Waals surface area contributed by atoms with Gasteiger partial charge in [-0.3, -0.25) is 9.59 Å². The first-order valence-electron chi connectivity index (χ1n) is 7.80. The molecule has 0 rings (SSSR count). The van der Waals surface area contributed by atoms with Crippen LogP contribution >= 0.6 is 0 Å². The quantitative estimate of drug-likeness (QED) is 0.479. The Labute approximate surface area is 126 Å². The van der Waals surface area contributed by atoms with E-state index in [1.54, 1.807) is 0 Å². The van der Waals surface area contributed by atoms with Crippen LogP contribution in [-0.4, -0.2) is 35.5 Å². The number of hydrogen-bond acceptors (Lipinski definition) is 3. The molecule has 0 saturated carbocycles. The monoisotopic (exact) mass is 300 g/mol. The predicted octanol–water partition coefficient (Wildman–Crippen LogP) is 1.83. The molecule has 0 spiro atoms. The minimum atomic E-state index is -1.03. The second-order valence-electron chi connectivity index (χ2n) is 5.16. The molecular weight excluding hydrogens is 272 g/mol. The Balaban J connectivity index is 3.92. The van der Waals surface area contributed by atoms with Crippen molar-refractivity contribution in [1.82, 2.24) is 10.6 Å². The normalized spacial score (nSPS) is 11.7. The third-order valence-corrected chi connectivity index (χ3v) is 3.14. The zero-order valence-electron chi connectivity index (χ0n) is 13.1. The molecule has 122 valence electrons. The van der Waals surface area contributed by atoms with Gasteiger partial charge in [0.2, 0.25) is 11.8 Å². The molecule has 1 atom stereocenters. The Kier molecular flexibility index (Phi) is 11.3. The van der Waals surface area contributed by atoms with E-state index in [2.05, 4.69) is 10.6 Å². The van der Waals surface area contributed by atoms with E-state index in [9.17, 15) is 14.4 Å². The van der Waals surface area contributed by atoms with Crippen LogP contribution in [0.15, 0.2) is 0 Å². The summed E-state index contributed by atoms with van der Waals surface area (Å²) in [6.45, 7) is 4.44. The maximum atomic E-state index is 11.5. The smallest absolute Gasteiger partial charge is 0.326 e. The Morgan fingerprint density at radius 3 is 2.05 bits per heavy atom. The number of unbranched alkanes of at least 4 members (excludes halogenated alkanes) is 2. The third kappa shape index (κ3) is 10.8. The van der Waals surface area contributed by atoms with Crippen molar-refractivity contribution >= 4 is 17.8 Å². The van der Waals surface area contributed by atoms with Crippen molar-refractivity contribution in [2.45, 2.75) is 71.3 Å². The van der Waals surface area contributed by atoms with Crippen molar-refractivity contribution < 1.29 is 19.5 Å². The van der Waals surface area contributed by atoms with Gasteiger partial charge in [-0.2, -0.15) is 0 Å². The lowest BCUT2D eigenvalue weighted by Crippen LogP contribution is -2.41. The van der Waals surface area contributed by atoms with Gasteiger partial charge in [0.05, 0.1) is 0 Å². The van der Waals surface area contributed by atoms with Gasteiger partial charge in [0.25, 0.3) is 0 Å². The van der Waals surface area contributed by atoms with Crippen molar-refractivity contribution in [1.29, 1.82) is 0 Å². The highest BCUT2D eigenvalue weighted by molar-refractivity contribution is 5.83. The van der Waals surface area contributed by atoms with E-state index in [0.29, 0.717) is 32.2 Å². The number of hydrogen-bond donors (Lipinski definition) is 3. The van der Waals surface area contributed by atoms with Crippen LogP contribution in [-0.2, 0) is 14.4 Å². The number of carbonyl (C=O) groups is 3. The summed E-state index contributed by atoms with van der Waals surface area (Å²) in [5.41, 5.74) is 0. The van der Waals surface area contributed by atoms with Gasteiger partial charge in [0.1, 0.15) is 6.04 Å². The molecule has 6 nitrogen and oxygen atoms in total. The molecule has 6 heteroatoms. The minimum Gasteiger partial charge on any atom is -0.480 e. The van der Waals surface area contributed by atoms with Gasteiger partial charge in [0, 0.05) is 19.4 Å².